The molecule has 106 valence electrons. The minimum Gasteiger partial charge on any atom is -0.437 e. The topological polar surface area (TPSA) is 47.0 Å². The molecule has 4 heteroatoms. The first-order valence-corrected chi connectivity index (χ1v) is 7.01. The summed E-state index contributed by atoms with van der Waals surface area (Å²) in [6.07, 6.45) is 0. The Balaban J connectivity index is 1.98. The Morgan fingerprint density at radius 3 is 2.71 bits per heavy atom. The summed E-state index contributed by atoms with van der Waals surface area (Å²) >= 11 is 0. The molecule has 1 N–H and O–H groups in total. The van der Waals surface area contributed by atoms with Crippen molar-refractivity contribution in [3.8, 4) is 11.6 Å². The number of anilines is 1. The number of nitrogens with one attached hydrogen (secondary N) is 1. The standard InChI is InChI=1S/C17H17N3O/c1-3-18-15-8-5-9-16(20-15)21-14-7-4-6-13-11-10-12(2)19-17(13)14/h4-11H,3H2,1-2H3,(H,18,20). The van der Waals surface area contributed by atoms with Gasteiger partial charge in [0, 0.05) is 23.7 Å². The predicted molar refractivity (Wildman–Crippen MR) is 85.0 cm³/mol. The van der Waals surface area contributed by atoms with Gasteiger partial charge in [0.2, 0.25) is 5.88 Å². The molecule has 0 aliphatic rings. The third-order valence-corrected chi connectivity index (χ3v) is 3.12. The molecule has 4 nitrogen and oxygen atoms in total. The molecule has 0 unspecified atom stereocenters. The first-order valence-electron chi connectivity index (χ1n) is 7.01. The van der Waals surface area contributed by atoms with Gasteiger partial charge in [0.15, 0.2) is 5.75 Å². The monoisotopic (exact) mass is 279 g/mol. The summed E-state index contributed by atoms with van der Waals surface area (Å²) in [6, 6.07) is 15.6. The maximum atomic E-state index is 5.92. The second-order valence-corrected chi connectivity index (χ2v) is 4.77. The third kappa shape index (κ3) is 2.94. The van der Waals surface area contributed by atoms with Crippen molar-refractivity contribution in [2.75, 3.05) is 11.9 Å². The molecule has 1 aromatic carbocycles. The third-order valence-electron chi connectivity index (χ3n) is 3.12. The van der Waals surface area contributed by atoms with Crippen LogP contribution < -0.4 is 10.1 Å². The van der Waals surface area contributed by atoms with E-state index >= 15 is 0 Å². The van der Waals surface area contributed by atoms with Crippen LogP contribution in [-0.2, 0) is 0 Å². The van der Waals surface area contributed by atoms with Crippen molar-refractivity contribution in [1.29, 1.82) is 0 Å². The fraction of sp³-hybridized carbons (Fsp3) is 0.176. The lowest BCUT2D eigenvalue weighted by Gasteiger charge is -2.09. The molecule has 3 aromatic rings. The predicted octanol–water partition coefficient (Wildman–Crippen LogP) is 4.16. The smallest absolute Gasteiger partial charge is 0.221 e. The minimum absolute atomic E-state index is 0.559. The van der Waals surface area contributed by atoms with Crippen LogP contribution in [0.1, 0.15) is 12.6 Å². The number of ether oxygens (including phenoxy) is 1. The van der Waals surface area contributed by atoms with Gasteiger partial charge in [-0.05, 0) is 32.0 Å². The minimum atomic E-state index is 0.559. The van der Waals surface area contributed by atoms with E-state index in [1.165, 1.54) is 0 Å². The SMILES string of the molecule is CCNc1cccc(Oc2cccc3ccc(C)nc23)n1. The number of aromatic nitrogens is 2. The summed E-state index contributed by atoms with van der Waals surface area (Å²) in [5.41, 5.74) is 1.82. The highest BCUT2D eigenvalue weighted by atomic mass is 16.5. The Kier molecular flexibility index (Phi) is 3.69. The van der Waals surface area contributed by atoms with Gasteiger partial charge in [0.1, 0.15) is 11.3 Å². The number of aryl methyl sites for hydroxylation is 1. The number of hydrogen-bond donors (Lipinski definition) is 1. The fourth-order valence-electron chi connectivity index (χ4n) is 2.16. The average Bonchev–Trinajstić information content (AvgIpc) is 2.49. The zero-order chi connectivity index (χ0) is 14.7. The van der Waals surface area contributed by atoms with Gasteiger partial charge in [-0.15, -0.1) is 0 Å². The number of pyridine rings is 2. The van der Waals surface area contributed by atoms with Gasteiger partial charge >= 0.3 is 0 Å². The van der Waals surface area contributed by atoms with Crippen LogP contribution in [0.3, 0.4) is 0 Å². The highest BCUT2D eigenvalue weighted by Gasteiger charge is 2.06. The molecule has 0 saturated heterocycles. The second kappa shape index (κ2) is 5.79. The van der Waals surface area contributed by atoms with E-state index in [0.29, 0.717) is 5.88 Å². The lowest BCUT2D eigenvalue weighted by Crippen LogP contribution is -1.99. The van der Waals surface area contributed by atoms with E-state index < -0.39 is 0 Å². The number of para-hydroxylation sites is 1. The van der Waals surface area contributed by atoms with Crippen molar-refractivity contribution >= 4 is 16.7 Å². The van der Waals surface area contributed by atoms with E-state index in [1.54, 1.807) is 0 Å². The Bertz CT molecular complexity index is 771. The molecular weight excluding hydrogens is 262 g/mol. The number of benzene rings is 1. The second-order valence-electron chi connectivity index (χ2n) is 4.77. The first-order chi connectivity index (χ1) is 10.3. The summed E-state index contributed by atoms with van der Waals surface area (Å²) in [4.78, 5) is 8.99. The van der Waals surface area contributed by atoms with Crippen molar-refractivity contribution in [1.82, 2.24) is 9.97 Å². The summed E-state index contributed by atoms with van der Waals surface area (Å²) in [7, 11) is 0. The van der Waals surface area contributed by atoms with Crippen molar-refractivity contribution in [3.05, 3.63) is 54.2 Å². The molecule has 0 aliphatic carbocycles. The van der Waals surface area contributed by atoms with E-state index in [0.717, 1.165) is 34.7 Å². The van der Waals surface area contributed by atoms with Crippen LogP contribution in [0.2, 0.25) is 0 Å². The lowest BCUT2D eigenvalue weighted by molar-refractivity contribution is 0.468. The van der Waals surface area contributed by atoms with Crippen molar-refractivity contribution in [3.63, 3.8) is 0 Å². The summed E-state index contributed by atoms with van der Waals surface area (Å²) in [5.74, 6) is 2.08. The van der Waals surface area contributed by atoms with E-state index in [1.807, 2.05) is 62.4 Å². The number of hydrogen-bond acceptors (Lipinski definition) is 4. The Morgan fingerprint density at radius 1 is 1.00 bits per heavy atom. The Hall–Kier alpha value is -2.62. The number of rotatable bonds is 4. The molecule has 3 rings (SSSR count). The molecule has 2 heterocycles. The number of fused-ring (bicyclic) bond motifs is 1. The maximum absolute atomic E-state index is 5.92. The summed E-state index contributed by atoms with van der Waals surface area (Å²) in [6.45, 7) is 4.83. The van der Waals surface area contributed by atoms with Crippen LogP contribution >= 0.6 is 0 Å². The Labute approximate surface area is 123 Å². The average molecular weight is 279 g/mol. The normalized spacial score (nSPS) is 10.6. The van der Waals surface area contributed by atoms with Crippen LogP contribution in [0.15, 0.2) is 48.5 Å². The molecule has 0 spiro atoms. The van der Waals surface area contributed by atoms with Gasteiger partial charge in [-0.2, -0.15) is 4.98 Å². The summed E-state index contributed by atoms with van der Waals surface area (Å²) in [5, 5.41) is 4.23. The van der Waals surface area contributed by atoms with E-state index in [2.05, 4.69) is 15.3 Å². The zero-order valence-corrected chi connectivity index (χ0v) is 12.1. The first kappa shape index (κ1) is 13.4. The van der Waals surface area contributed by atoms with Crippen LogP contribution in [0.5, 0.6) is 11.6 Å². The van der Waals surface area contributed by atoms with Crippen molar-refractivity contribution in [2.45, 2.75) is 13.8 Å². The van der Waals surface area contributed by atoms with Crippen LogP contribution in [0, 0.1) is 6.92 Å². The number of nitrogens with zero attached hydrogens (tertiary/aromatic N) is 2. The van der Waals surface area contributed by atoms with Crippen LogP contribution in [-0.4, -0.2) is 16.5 Å². The Morgan fingerprint density at radius 2 is 1.86 bits per heavy atom. The summed E-state index contributed by atoms with van der Waals surface area (Å²) < 4.78 is 5.92. The quantitative estimate of drug-likeness (QED) is 0.779. The van der Waals surface area contributed by atoms with Crippen molar-refractivity contribution < 1.29 is 4.74 Å². The van der Waals surface area contributed by atoms with Gasteiger partial charge < -0.3 is 10.1 Å². The van der Waals surface area contributed by atoms with E-state index in [9.17, 15) is 0 Å². The molecule has 0 fully saturated rings. The molecular formula is C17H17N3O. The molecule has 21 heavy (non-hydrogen) atoms. The largest absolute Gasteiger partial charge is 0.437 e. The molecule has 2 aromatic heterocycles. The fourth-order valence-corrected chi connectivity index (χ4v) is 2.16. The van der Waals surface area contributed by atoms with E-state index in [-0.39, 0.29) is 0 Å². The van der Waals surface area contributed by atoms with Gasteiger partial charge in [0.05, 0.1) is 0 Å². The molecule has 0 radical (unpaired) electrons. The van der Waals surface area contributed by atoms with Gasteiger partial charge in [-0.1, -0.05) is 24.3 Å². The highest BCUT2D eigenvalue weighted by molar-refractivity contribution is 5.84. The lowest BCUT2D eigenvalue weighted by atomic mass is 10.2. The van der Waals surface area contributed by atoms with Crippen LogP contribution in [0.4, 0.5) is 5.82 Å². The van der Waals surface area contributed by atoms with Crippen LogP contribution in [0.25, 0.3) is 10.9 Å². The van der Waals surface area contributed by atoms with E-state index in [4.69, 9.17) is 4.74 Å². The van der Waals surface area contributed by atoms with Gasteiger partial charge in [-0.3, -0.25) is 0 Å². The zero-order valence-electron chi connectivity index (χ0n) is 12.1. The van der Waals surface area contributed by atoms with Gasteiger partial charge in [-0.25, -0.2) is 4.98 Å². The molecule has 0 amide bonds. The molecule has 0 atom stereocenters. The molecule has 0 aliphatic heterocycles. The molecule has 0 bridgehead atoms. The highest BCUT2D eigenvalue weighted by Crippen LogP contribution is 2.28. The molecule has 0 saturated carbocycles. The van der Waals surface area contributed by atoms with Gasteiger partial charge in [0.25, 0.3) is 0 Å². The maximum Gasteiger partial charge on any atom is 0.221 e. The van der Waals surface area contributed by atoms with Crippen molar-refractivity contribution in [2.24, 2.45) is 0 Å².